The third-order valence-corrected chi connectivity index (χ3v) is 6.42. The lowest BCUT2D eigenvalue weighted by Gasteiger charge is -2.37. The Hall–Kier alpha value is -0.470. The van der Waals surface area contributed by atoms with E-state index in [-0.39, 0.29) is 6.54 Å². The summed E-state index contributed by atoms with van der Waals surface area (Å²) in [6.45, 7) is 1.86. The zero-order valence-electron chi connectivity index (χ0n) is 11.6. The summed E-state index contributed by atoms with van der Waals surface area (Å²) in [4.78, 5) is 0.322. The SMILES string of the molecule is O=S(=O)(c1ccc(CBr)cc1)N1CCCC2(C1)OCCO2. The van der Waals surface area contributed by atoms with Gasteiger partial charge < -0.3 is 9.47 Å². The van der Waals surface area contributed by atoms with Crippen LogP contribution >= 0.6 is 15.9 Å². The van der Waals surface area contributed by atoms with Crippen LogP contribution in [0.4, 0.5) is 0 Å². The van der Waals surface area contributed by atoms with Gasteiger partial charge in [0.15, 0.2) is 5.79 Å². The van der Waals surface area contributed by atoms with E-state index in [1.807, 2.05) is 12.1 Å². The average Bonchev–Trinajstić information content (AvgIpc) is 2.95. The molecule has 2 saturated heterocycles. The number of hydrogen-bond acceptors (Lipinski definition) is 4. The van der Waals surface area contributed by atoms with Gasteiger partial charge in [0.2, 0.25) is 10.0 Å². The molecule has 0 bridgehead atoms. The number of benzene rings is 1. The third-order valence-electron chi connectivity index (χ3n) is 3.91. The molecule has 0 unspecified atom stereocenters. The molecule has 0 atom stereocenters. The number of halogens is 1. The van der Waals surface area contributed by atoms with Crippen LogP contribution in [0, 0.1) is 0 Å². The number of nitrogens with zero attached hydrogens (tertiary/aromatic N) is 1. The molecule has 2 aliphatic heterocycles. The highest BCUT2D eigenvalue weighted by Gasteiger charge is 2.44. The Morgan fingerprint density at radius 3 is 2.48 bits per heavy atom. The van der Waals surface area contributed by atoms with Gasteiger partial charge in [-0.1, -0.05) is 28.1 Å². The van der Waals surface area contributed by atoms with Crippen LogP contribution in [0.5, 0.6) is 0 Å². The quantitative estimate of drug-likeness (QED) is 0.759. The molecular formula is C14H18BrNO4S. The molecule has 7 heteroatoms. The fourth-order valence-corrected chi connectivity index (χ4v) is 4.68. The first-order valence-electron chi connectivity index (χ1n) is 6.99. The molecule has 1 aromatic carbocycles. The van der Waals surface area contributed by atoms with Gasteiger partial charge in [-0.05, 0) is 24.1 Å². The van der Waals surface area contributed by atoms with Crippen LogP contribution in [-0.4, -0.2) is 44.8 Å². The van der Waals surface area contributed by atoms with Crippen molar-refractivity contribution in [3.8, 4) is 0 Å². The van der Waals surface area contributed by atoms with Gasteiger partial charge in [-0.25, -0.2) is 8.42 Å². The molecular weight excluding hydrogens is 358 g/mol. The van der Waals surface area contributed by atoms with Gasteiger partial charge in [0.1, 0.15) is 0 Å². The maximum absolute atomic E-state index is 12.7. The molecule has 2 aliphatic rings. The van der Waals surface area contributed by atoms with E-state index < -0.39 is 15.8 Å². The standard InChI is InChI=1S/C14H18BrNO4S/c15-10-12-2-4-13(5-3-12)21(17,18)16-7-1-6-14(11-16)19-8-9-20-14/h2-5H,1,6-11H2. The van der Waals surface area contributed by atoms with Crippen molar-refractivity contribution in [2.45, 2.75) is 28.9 Å². The number of hydrogen-bond donors (Lipinski definition) is 0. The molecule has 0 N–H and O–H groups in total. The predicted molar refractivity (Wildman–Crippen MR) is 81.7 cm³/mol. The summed E-state index contributed by atoms with van der Waals surface area (Å²) in [5.74, 6) is -0.735. The zero-order valence-corrected chi connectivity index (χ0v) is 14.0. The molecule has 2 fully saturated rings. The maximum Gasteiger partial charge on any atom is 0.243 e. The summed E-state index contributed by atoms with van der Waals surface area (Å²) >= 11 is 3.36. The minimum atomic E-state index is -3.49. The van der Waals surface area contributed by atoms with E-state index in [9.17, 15) is 8.42 Å². The van der Waals surface area contributed by atoms with Crippen molar-refractivity contribution in [3.63, 3.8) is 0 Å². The fourth-order valence-electron chi connectivity index (χ4n) is 2.79. The van der Waals surface area contributed by atoms with Crippen LogP contribution in [0.2, 0.25) is 0 Å². The first-order chi connectivity index (χ1) is 10.1. The molecule has 21 heavy (non-hydrogen) atoms. The molecule has 0 amide bonds. The Kier molecular flexibility index (Phi) is 4.38. The monoisotopic (exact) mass is 375 g/mol. The van der Waals surface area contributed by atoms with Crippen molar-refractivity contribution < 1.29 is 17.9 Å². The van der Waals surface area contributed by atoms with Crippen molar-refractivity contribution in [2.24, 2.45) is 0 Å². The van der Waals surface area contributed by atoms with Crippen molar-refractivity contribution >= 4 is 26.0 Å². The summed E-state index contributed by atoms with van der Waals surface area (Å²) in [6.07, 6.45) is 1.50. The largest absolute Gasteiger partial charge is 0.346 e. The second kappa shape index (κ2) is 5.96. The molecule has 3 rings (SSSR count). The number of sulfonamides is 1. The van der Waals surface area contributed by atoms with Crippen molar-refractivity contribution in [1.29, 1.82) is 0 Å². The summed E-state index contributed by atoms with van der Waals surface area (Å²) < 4.78 is 38.2. The smallest absolute Gasteiger partial charge is 0.243 e. The van der Waals surface area contributed by atoms with Crippen LogP contribution in [0.1, 0.15) is 18.4 Å². The Balaban J connectivity index is 1.83. The summed E-state index contributed by atoms with van der Waals surface area (Å²) in [6, 6.07) is 6.96. The van der Waals surface area contributed by atoms with Crippen LogP contribution in [0.25, 0.3) is 0 Å². The molecule has 0 radical (unpaired) electrons. The molecule has 2 heterocycles. The predicted octanol–water partition coefficient (Wildman–Crippen LogP) is 2.11. The summed E-state index contributed by atoms with van der Waals surface area (Å²) in [5, 5.41) is 0.710. The molecule has 0 saturated carbocycles. The number of alkyl halides is 1. The van der Waals surface area contributed by atoms with E-state index in [0.29, 0.717) is 30.0 Å². The summed E-state index contributed by atoms with van der Waals surface area (Å²) in [7, 11) is -3.49. The van der Waals surface area contributed by atoms with Crippen LogP contribution < -0.4 is 0 Å². The van der Waals surface area contributed by atoms with Crippen LogP contribution in [-0.2, 0) is 24.8 Å². The Morgan fingerprint density at radius 1 is 1.19 bits per heavy atom. The van der Waals surface area contributed by atoms with E-state index in [4.69, 9.17) is 9.47 Å². The van der Waals surface area contributed by atoms with E-state index in [0.717, 1.165) is 18.4 Å². The minimum Gasteiger partial charge on any atom is -0.346 e. The second-order valence-corrected chi connectivity index (χ2v) is 7.83. The van der Waals surface area contributed by atoms with Gasteiger partial charge in [0.05, 0.1) is 24.7 Å². The summed E-state index contributed by atoms with van der Waals surface area (Å²) in [5.41, 5.74) is 1.05. The van der Waals surface area contributed by atoms with Gasteiger partial charge in [0, 0.05) is 18.3 Å². The molecule has 0 aromatic heterocycles. The van der Waals surface area contributed by atoms with Crippen molar-refractivity contribution in [3.05, 3.63) is 29.8 Å². The molecule has 1 spiro atoms. The van der Waals surface area contributed by atoms with Gasteiger partial charge in [-0.2, -0.15) is 4.31 Å². The molecule has 0 aliphatic carbocycles. The van der Waals surface area contributed by atoms with E-state index >= 15 is 0 Å². The van der Waals surface area contributed by atoms with Crippen LogP contribution in [0.3, 0.4) is 0 Å². The number of ether oxygens (including phenoxy) is 2. The van der Waals surface area contributed by atoms with Gasteiger partial charge in [-0.3, -0.25) is 0 Å². The Bertz CT molecular complexity index is 596. The fraction of sp³-hybridized carbons (Fsp3) is 0.571. The topological polar surface area (TPSA) is 55.8 Å². The van der Waals surface area contributed by atoms with Gasteiger partial charge >= 0.3 is 0 Å². The lowest BCUT2D eigenvalue weighted by Crippen LogP contribution is -2.50. The lowest BCUT2D eigenvalue weighted by atomic mass is 10.1. The first kappa shape index (κ1) is 15.4. The number of rotatable bonds is 3. The Morgan fingerprint density at radius 2 is 1.86 bits per heavy atom. The second-order valence-electron chi connectivity index (χ2n) is 5.33. The molecule has 116 valence electrons. The first-order valence-corrected chi connectivity index (χ1v) is 9.55. The zero-order chi connectivity index (χ0) is 14.9. The lowest BCUT2D eigenvalue weighted by molar-refractivity contribution is -0.179. The highest BCUT2D eigenvalue weighted by Crippen LogP contribution is 2.32. The van der Waals surface area contributed by atoms with E-state index in [1.54, 1.807) is 12.1 Å². The van der Waals surface area contributed by atoms with Gasteiger partial charge in [0.25, 0.3) is 0 Å². The van der Waals surface area contributed by atoms with Crippen molar-refractivity contribution in [2.75, 3.05) is 26.3 Å². The van der Waals surface area contributed by atoms with Crippen molar-refractivity contribution in [1.82, 2.24) is 4.31 Å². The van der Waals surface area contributed by atoms with E-state index in [2.05, 4.69) is 15.9 Å². The third kappa shape index (κ3) is 3.03. The number of piperidine rings is 1. The molecule has 1 aromatic rings. The van der Waals surface area contributed by atoms with Crippen LogP contribution in [0.15, 0.2) is 29.2 Å². The van der Waals surface area contributed by atoms with E-state index in [1.165, 1.54) is 4.31 Å². The highest BCUT2D eigenvalue weighted by atomic mass is 79.9. The highest BCUT2D eigenvalue weighted by molar-refractivity contribution is 9.08. The van der Waals surface area contributed by atoms with Gasteiger partial charge in [-0.15, -0.1) is 0 Å². The normalized spacial score (nSPS) is 22.7. The maximum atomic E-state index is 12.7. The average molecular weight is 376 g/mol. The Labute approximate surface area is 133 Å². The molecule has 5 nitrogen and oxygen atoms in total. The minimum absolute atomic E-state index is 0.273.